The molecule has 3 aromatic carbocycles. The highest BCUT2D eigenvalue weighted by Crippen LogP contribution is 2.44. The molecule has 0 unspecified atom stereocenters. The van der Waals surface area contributed by atoms with Crippen LogP contribution in [0.4, 0.5) is 8.78 Å². The van der Waals surface area contributed by atoms with Crippen molar-refractivity contribution < 1.29 is 18.3 Å². The molecule has 42 heavy (non-hydrogen) atoms. The molecule has 1 saturated heterocycles. The van der Waals surface area contributed by atoms with Crippen molar-refractivity contribution in [3.05, 3.63) is 131 Å². The lowest BCUT2D eigenvalue weighted by Crippen LogP contribution is -2.42. The van der Waals surface area contributed by atoms with E-state index >= 15 is 4.39 Å². The number of rotatable bonds is 9. The molecule has 0 saturated carbocycles. The number of nitrogens with two attached hydrogens (primary N) is 1. The predicted octanol–water partition coefficient (Wildman–Crippen LogP) is 5.11. The topological polar surface area (TPSA) is 106 Å². The number of nitrogens with one attached hydrogen (secondary N) is 2. The van der Waals surface area contributed by atoms with E-state index in [1.807, 2.05) is 54.6 Å². The standard InChI is InChI=1S/C33H31F2N5O2/c34-23-12-10-22(11-13-23)33(16-31(36)41,21-6-2-1-3-7-21)26-18-37-19-27(35)25(26)15-14-24-17-38-30(20-42-24)32-39-28-8-4-5-9-29(28)40-32/h1-13,18-19,24,30,38H,14-17,20H2,(H2,36,41)(H,39,40)/t24-,30+,33-/m1/s1. The number of halogens is 2. The third-order valence-electron chi connectivity index (χ3n) is 8.05. The highest BCUT2D eigenvalue weighted by Gasteiger charge is 2.41. The molecular weight excluding hydrogens is 536 g/mol. The van der Waals surface area contributed by atoms with Gasteiger partial charge < -0.3 is 20.8 Å². The molecule has 0 aliphatic carbocycles. The number of primary amides is 1. The Labute approximate surface area is 242 Å². The van der Waals surface area contributed by atoms with Crippen LogP contribution in [-0.2, 0) is 21.4 Å². The van der Waals surface area contributed by atoms with E-state index in [1.54, 1.807) is 18.3 Å². The van der Waals surface area contributed by atoms with Crippen LogP contribution >= 0.6 is 0 Å². The Morgan fingerprint density at radius 3 is 2.43 bits per heavy atom. The van der Waals surface area contributed by atoms with Gasteiger partial charge in [0.15, 0.2) is 0 Å². The van der Waals surface area contributed by atoms with E-state index < -0.39 is 23.0 Å². The molecule has 1 aliphatic heterocycles. The predicted molar refractivity (Wildman–Crippen MR) is 156 cm³/mol. The molecule has 0 radical (unpaired) electrons. The van der Waals surface area contributed by atoms with Gasteiger partial charge in [0.1, 0.15) is 17.5 Å². The van der Waals surface area contributed by atoms with Crippen LogP contribution < -0.4 is 11.1 Å². The number of benzene rings is 3. The number of pyridine rings is 1. The van der Waals surface area contributed by atoms with Gasteiger partial charge in [-0.3, -0.25) is 9.78 Å². The number of hydrogen-bond acceptors (Lipinski definition) is 5. The molecular formula is C33H31F2N5O2. The van der Waals surface area contributed by atoms with Crippen LogP contribution in [-0.4, -0.2) is 40.1 Å². The Morgan fingerprint density at radius 1 is 0.976 bits per heavy atom. The zero-order valence-electron chi connectivity index (χ0n) is 22.9. The number of ether oxygens (including phenoxy) is 1. The van der Waals surface area contributed by atoms with Crippen molar-refractivity contribution in [3.8, 4) is 0 Å². The Bertz CT molecular complexity index is 1650. The van der Waals surface area contributed by atoms with Crippen molar-refractivity contribution in [1.82, 2.24) is 20.3 Å². The van der Waals surface area contributed by atoms with E-state index in [-0.39, 0.29) is 18.6 Å². The van der Waals surface area contributed by atoms with Crippen molar-refractivity contribution in [2.45, 2.75) is 36.8 Å². The first-order valence-electron chi connectivity index (χ1n) is 14.0. The molecule has 1 aliphatic rings. The van der Waals surface area contributed by atoms with E-state index in [4.69, 9.17) is 10.5 Å². The number of para-hydroxylation sites is 2. The average molecular weight is 568 g/mol. The number of hydrogen-bond donors (Lipinski definition) is 3. The summed E-state index contributed by atoms with van der Waals surface area (Å²) in [5, 5.41) is 3.50. The zero-order chi connectivity index (χ0) is 29.1. The number of nitrogens with zero attached hydrogens (tertiary/aromatic N) is 2. The number of aromatic nitrogens is 3. The summed E-state index contributed by atoms with van der Waals surface area (Å²) in [7, 11) is 0. The van der Waals surface area contributed by atoms with E-state index in [0.717, 1.165) is 22.4 Å². The van der Waals surface area contributed by atoms with Crippen molar-refractivity contribution >= 4 is 16.9 Å². The maximum Gasteiger partial charge on any atom is 0.219 e. The highest BCUT2D eigenvalue weighted by molar-refractivity contribution is 5.78. The average Bonchev–Trinajstić information content (AvgIpc) is 3.45. The van der Waals surface area contributed by atoms with Gasteiger partial charge in [0.05, 0.1) is 41.4 Å². The van der Waals surface area contributed by atoms with Crippen LogP contribution in [0.2, 0.25) is 0 Å². The highest BCUT2D eigenvalue weighted by atomic mass is 19.1. The summed E-state index contributed by atoms with van der Waals surface area (Å²) < 4.78 is 35.9. The summed E-state index contributed by atoms with van der Waals surface area (Å²) in [6, 6.07) is 23.0. The molecule has 0 spiro atoms. The van der Waals surface area contributed by atoms with Gasteiger partial charge in [0, 0.05) is 19.2 Å². The monoisotopic (exact) mass is 567 g/mol. The zero-order valence-corrected chi connectivity index (χ0v) is 22.9. The van der Waals surface area contributed by atoms with Crippen molar-refractivity contribution in [2.24, 2.45) is 5.73 Å². The molecule has 1 amide bonds. The molecule has 0 bridgehead atoms. The fraction of sp³-hybridized carbons (Fsp3) is 0.242. The number of carbonyl (C=O) groups is 1. The maximum atomic E-state index is 15.6. The molecule has 3 atom stereocenters. The number of fused-ring (bicyclic) bond motifs is 1. The van der Waals surface area contributed by atoms with E-state index in [1.165, 1.54) is 18.3 Å². The number of morpholine rings is 1. The minimum Gasteiger partial charge on any atom is -0.375 e. The van der Waals surface area contributed by atoms with Gasteiger partial charge >= 0.3 is 0 Å². The Kier molecular flexibility index (Phi) is 7.78. The first-order chi connectivity index (χ1) is 20.4. The van der Waals surface area contributed by atoms with Gasteiger partial charge in [-0.2, -0.15) is 0 Å². The van der Waals surface area contributed by atoms with Crippen molar-refractivity contribution in [1.29, 1.82) is 0 Å². The Morgan fingerprint density at radius 2 is 1.71 bits per heavy atom. The number of imidazole rings is 1. The number of aromatic amines is 1. The summed E-state index contributed by atoms with van der Waals surface area (Å²) in [6.45, 7) is 0.980. The summed E-state index contributed by atoms with van der Waals surface area (Å²) >= 11 is 0. The summed E-state index contributed by atoms with van der Waals surface area (Å²) in [5.41, 5.74) is 8.80. The van der Waals surface area contributed by atoms with Gasteiger partial charge in [-0.25, -0.2) is 13.8 Å². The fourth-order valence-corrected chi connectivity index (χ4v) is 6.01. The lowest BCUT2D eigenvalue weighted by Gasteiger charge is -2.36. The van der Waals surface area contributed by atoms with Gasteiger partial charge in [-0.1, -0.05) is 54.6 Å². The third kappa shape index (κ3) is 5.41. The summed E-state index contributed by atoms with van der Waals surface area (Å²) in [6.07, 6.45) is 3.32. The normalized spacial score (nSPS) is 18.5. The van der Waals surface area contributed by atoms with Gasteiger partial charge in [0.25, 0.3) is 0 Å². The fourth-order valence-electron chi connectivity index (χ4n) is 6.01. The molecule has 1 fully saturated rings. The first kappa shape index (κ1) is 27.7. The number of H-pyrrole nitrogens is 1. The molecule has 5 aromatic rings. The van der Waals surface area contributed by atoms with E-state index in [2.05, 4.69) is 20.3 Å². The minimum absolute atomic E-state index is 0.0818. The Balaban J connectivity index is 1.29. The van der Waals surface area contributed by atoms with Crippen LogP contribution in [0.3, 0.4) is 0 Å². The molecule has 7 nitrogen and oxygen atoms in total. The van der Waals surface area contributed by atoms with Gasteiger partial charge in [0.2, 0.25) is 5.91 Å². The summed E-state index contributed by atoms with van der Waals surface area (Å²) in [5.74, 6) is -0.658. The molecule has 4 N–H and O–H groups in total. The largest absolute Gasteiger partial charge is 0.375 e. The summed E-state index contributed by atoms with van der Waals surface area (Å²) in [4.78, 5) is 24.8. The second kappa shape index (κ2) is 11.8. The van der Waals surface area contributed by atoms with Crippen LogP contribution in [0.15, 0.2) is 91.3 Å². The van der Waals surface area contributed by atoms with Crippen molar-refractivity contribution in [3.63, 3.8) is 0 Å². The second-order valence-electron chi connectivity index (χ2n) is 10.7. The maximum absolute atomic E-state index is 15.6. The van der Waals surface area contributed by atoms with Crippen LogP contribution in [0, 0.1) is 11.6 Å². The second-order valence-corrected chi connectivity index (χ2v) is 10.7. The van der Waals surface area contributed by atoms with Crippen LogP contribution in [0.1, 0.15) is 47.0 Å². The third-order valence-corrected chi connectivity index (χ3v) is 8.05. The first-order valence-corrected chi connectivity index (χ1v) is 14.0. The molecule has 9 heteroatoms. The van der Waals surface area contributed by atoms with Crippen LogP contribution in [0.5, 0.6) is 0 Å². The molecule has 214 valence electrons. The van der Waals surface area contributed by atoms with Crippen molar-refractivity contribution in [2.75, 3.05) is 13.2 Å². The lowest BCUT2D eigenvalue weighted by molar-refractivity contribution is -0.118. The van der Waals surface area contributed by atoms with Gasteiger partial charge in [-0.15, -0.1) is 0 Å². The lowest BCUT2D eigenvalue weighted by atomic mass is 9.66. The quantitative estimate of drug-likeness (QED) is 0.230. The SMILES string of the molecule is NC(=O)C[C@@](c1ccccc1)(c1ccc(F)cc1)c1cncc(F)c1CC[C@@H]1CN[C@H](c2nc3ccccc3[nH]2)CO1. The molecule has 3 heterocycles. The smallest absolute Gasteiger partial charge is 0.219 e. The van der Waals surface area contributed by atoms with E-state index in [9.17, 15) is 9.18 Å². The molecule has 6 rings (SSSR count). The molecule has 2 aromatic heterocycles. The number of amides is 1. The number of carbonyl (C=O) groups excluding carboxylic acids is 1. The van der Waals surface area contributed by atoms with Gasteiger partial charge in [-0.05, 0) is 59.4 Å². The minimum atomic E-state index is -1.18. The van der Waals surface area contributed by atoms with E-state index in [0.29, 0.717) is 42.7 Å². The van der Waals surface area contributed by atoms with Crippen LogP contribution in [0.25, 0.3) is 11.0 Å². The Hall–Kier alpha value is -4.47.